The molecule has 0 radical (unpaired) electrons. The van der Waals surface area contributed by atoms with Gasteiger partial charge >= 0.3 is 0 Å². The van der Waals surface area contributed by atoms with Crippen molar-refractivity contribution in [2.24, 2.45) is 5.73 Å². The van der Waals surface area contributed by atoms with Crippen LogP contribution in [-0.4, -0.2) is 42.0 Å². The van der Waals surface area contributed by atoms with Gasteiger partial charge in [0.25, 0.3) is 5.91 Å². The average molecular weight is 263 g/mol. The van der Waals surface area contributed by atoms with Gasteiger partial charge in [0.1, 0.15) is 5.75 Å². The Morgan fingerprint density at radius 3 is 2.74 bits per heavy atom. The molecule has 19 heavy (non-hydrogen) atoms. The molecular weight excluding hydrogens is 242 g/mol. The number of carbonyl (C=O) groups is 1. The van der Waals surface area contributed by atoms with Crippen LogP contribution in [0.4, 0.5) is 0 Å². The van der Waals surface area contributed by atoms with Crippen LogP contribution in [0, 0.1) is 0 Å². The number of rotatable bonds is 3. The Hall–Kier alpha value is -1.62. The van der Waals surface area contributed by atoms with Gasteiger partial charge in [0.15, 0.2) is 0 Å². The second-order valence-electron chi connectivity index (χ2n) is 5.06. The molecule has 1 aromatic heterocycles. The van der Waals surface area contributed by atoms with Gasteiger partial charge in [-0.25, -0.2) is 0 Å². The molecule has 104 valence electrons. The van der Waals surface area contributed by atoms with Gasteiger partial charge in [-0.2, -0.15) is 0 Å². The van der Waals surface area contributed by atoms with E-state index in [4.69, 9.17) is 10.5 Å². The third-order valence-corrected chi connectivity index (χ3v) is 3.84. The van der Waals surface area contributed by atoms with E-state index in [9.17, 15) is 4.79 Å². The summed E-state index contributed by atoms with van der Waals surface area (Å²) in [5, 5.41) is 0. The highest BCUT2D eigenvalue weighted by Gasteiger charge is 2.26. The van der Waals surface area contributed by atoms with Gasteiger partial charge in [0.2, 0.25) is 0 Å². The van der Waals surface area contributed by atoms with Gasteiger partial charge in [-0.15, -0.1) is 0 Å². The molecule has 1 amide bonds. The van der Waals surface area contributed by atoms with Gasteiger partial charge in [-0.3, -0.25) is 9.78 Å². The lowest BCUT2D eigenvalue weighted by Crippen LogP contribution is -2.41. The molecule has 1 fully saturated rings. The van der Waals surface area contributed by atoms with E-state index in [2.05, 4.69) is 4.98 Å². The maximum absolute atomic E-state index is 12.5. The minimum Gasteiger partial charge on any atom is -0.494 e. The molecule has 5 heteroatoms. The van der Waals surface area contributed by atoms with Gasteiger partial charge in [-0.05, 0) is 31.7 Å². The number of carbonyl (C=O) groups excluding carboxylic acids is 1. The molecule has 0 bridgehead atoms. The van der Waals surface area contributed by atoms with Crippen molar-refractivity contribution in [3.63, 3.8) is 0 Å². The van der Waals surface area contributed by atoms with E-state index in [0.717, 1.165) is 25.7 Å². The minimum atomic E-state index is -0.0141. The highest BCUT2D eigenvalue weighted by molar-refractivity contribution is 5.96. The first-order valence-electron chi connectivity index (χ1n) is 6.64. The number of pyridine rings is 1. The smallest absolute Gasteiger partial charge is 0.257 e. The average Bonchev–Trinajstić information content (AvgIpc) is 2.46. The van der Waals surface area contributed by atoms with Crippen molar-refractivity contribution in [3.05, 3.63) is 24.0 Å². The van der Waals surface area contributed by atoms with E-state index in [0.29, 0.717) is 11.3 Å². The molecule has 2 N–H and O–H groups in total. The predicted octanol–water partition coefficient (Wildman–Crippen LogP) is 1.43. The zero-order valence-electron chi connectivity index (χ0n) is 11.5. The summed E-state index contributed by atoms with van der Waals surface area (Å²) in [4.78, 5) is 18.3. The van der Waals surface area contributed by atoms with Crippen LogP contribution in [-0.2, 0) is 0 Å². The summed E-state index contributed by atoms with van der Waals surface area (Å²) < 4.78 is 5.19. The summed E-state index contributed by atoms with van der Waals surface area (Å²) in [5.74, 6) is 0.506. The molecule has 0 spiro atoms. The molecule has 1 aromatic rings. The lowest BCUT2D eigenvalue weighted by molar-refractivity contribution is 0.0686. The van der Waals surface area contributed by atoms with Crippen LogP contribution in [0.15, 0.2) is 18.5 Å². The molecule has 0 aliphatic heterocycles. The van der Waals surface area contributed by atoms with E-state index < -0.39 is 0 Å². The summed E-state index contributed by atoms with van der Waals surface area (Å²) in [6.07, 6.45) is 7.08. The summed E-state index contributed by atoms with van der Waals surface area (Å²) in [6.45, 7) is 0. The molecule has 1 aliphatic carbocycles. The molecule has 2 rings (SSSR count). The van der Waals surface area contributed by atoms with E-state index in [1.54, 1.807) is 25.6 Å². The quantitative estimate of drug-likeness (QED) is 0.895. The standard InChI is InChI=1S/C14H21N3O2/c1-17(11-5-3-10(15)4-6-11)14(18)12-7-8-16-9-13(12)19-2/h7-11H,3-6,15H2,1-2H3. The number of methoxy groups -OCH3 is 1. The van der Waals surface area contributed by atoms with Crippen LogP contribution in [0.1, 0.15) is 36.0 Å². The van der Waals surface area contributed by atoms with E-state index in [1.165, 1.54) is 0 Å². The predicted molar refractivity (Wildman–Crippen MR) is 73.1 cm³/mol. The molecule has 1 aliphatic rings. The van der Waals surface area contributed by atoms with Crippen molar-refractivity contribution >= 4 is 5.91 Å². The SMILES string of the molecule is COc1cnccc1C(=O)N(C)C1CCC(N)CC1. The fourth-order valence-corrected chi connectivity index (χ4v) is 2.56. The van der Waals surface area contributed by atoms with Crippen LogP contribution < -0.4 is 10.5 Å². The zero-order valence-corrected chi connectivity index (χ0v) is 11.5. The lowest BCUT2D eigenvalue weighted by Gasteiger charge is -2.33. The van der Waals surface area contributed by atoms with Crippen molar-refractivity contribution in [2.75, 3.05) is 14.2 Å². The first kappa shape index (κ1) is 13.8. The van der Waals surface area contributed by atoms with Crippen molar-refractivity contribution in [2.45, 2.75) is 37.8 Å². The van der Waals surface area contributed by atoms with Crippen molar-refractivity contribution in [3.8, 4) is 5.75 Å². The Morgan fingerprint density at radius 1 is 1.42 bits per heavy atom. The molecule has 0 saturated heterocycles. The van der Waals surface area contributed by atoms with Crippen LogP contribution in [0.25, 0.3) is 0 Å². The fourth-order valence-electron chi connectivity index (χ4n) is 2.56. The Kier molecular flexibility index (Phi) is 4.37. The molecule has 1 saturated carbocycles. The lowest BCUT2D eigenvalue weighted by atomic mass is 9.90. The van der Waals surface area contributed by atoms with Crippen molar-refractivity contribution in [1.82, 2.24) is 9.88 Å². The van der Waals surface area contributed by atoms with Crippen molar-refractivity contribution in [1.29, 1.82) is 0 Å². The summed E-state index contributed by atoms with van der Waals surface area (Å²) in [7, 11) is 3.40. The van der Waals surface area contributed by atoms with Crippen molar-refractivity contribution < 1.29 is 9.53 Å². The second kappa shape index (κ2) is 6.02. The Morgan fingerprint density at radius 2 is 2.11 bits per heavy atom. The second-order valence-corrected chi connectivity index (χ2v) is 5.06. The van der Waals surface area contributed by atoms with Crippen LogP contribution in [0.3, 0.4) is 0 Å². The first-order chi connectivity index (χ1) is 9.13. The normalized spacial score (nSPS) is 22.9. The topological polar surface area (TPSA) is 68.5 Å². The third kappa shape index (κ3) is 3.04. The number of ether oxygens (including phenoxy) is 1. The number of amides is 1. The summed E-state index contributed by atoms with van der Waals surface area (Å²) in [5.41, 5.74) is 6.46. The highest BCUT2D eigenvalue weighted by atomic mass is 16.5. The Bertz CT molecular complexity index is 442. The maximum Gasteiger partial charge on any atom is 0.257 e. The third-order valence-electron chi connectivity index (χ3n) is 3.84. The van der Waals surface area contributed by atoms with Crippen LogP contribution in [0.2, 0.25) is 0 Å². The summed E-state index contributed by atoms with van der Waals surface area (Å²) in [6, 6.07) is 2.26. The fraction of sp³-hybridized carbons (Fsp3) is 0.571. The number of nitrogens with zero attached hydrogens (tertiary/aromatic N) is 2. The monoisotopic (exact) mass is 263 g/mol. The number of aromatic nitrogens is 1. The minimum absolute atomic E-state index is 0.0141. The van der Waals surface area contributed by atoms with E-state index >= 15 is 0 Å². The van der Waals surface area contributed by atoms with Crippen LogP contribution >= 0.6 is 0 Å². The molecule has 1 heterocycles. The largest absolute Gasteiger partial charge is 0.494 e. The number of nitrogens with two attached hydrogens (primary N) is 1. The Labute approximate surface area is 113 Å². The zero-order chi connectivity index (χ0) is 13.8. The van der Waals surface area contributed by atoms with Gasteiger partial charge in [0.05, 0.1) is 18.9 Å². The number of hydrogen-bond acceptors (Lipinski definition) is 4. The van der Waals surface area contributed by atoms with Gasteiger partial charge in [0, 0.05) is 25.3 Å². The molecule has 5 nitrogen and oxygen atoms in total. The van der Waals surface area contributed by atoms with E-state index in [1.807, 2.05) is 11.9 Å². The molecular formula is C14H21N3O2. The maximum atomic E-state index is 12.5. The number of hydrogen-bond donors (Lipinski definition) is 1. The van der Waals surface area contributed by atoms with Gasteiger partial charge < -0.3 is 15.4 Å². The van der Waals surface area contributed by atoms with E-state index in [-0.39, 0.29) is 18.0 Å². The molecule has 0 atom stereocenters. The first-order valence-corrected chi connectivity index (χ1v) is 6.64. The molecule has 0 aromatic carbocycles. The van der Waals surface area contributed by atoms with Gasteiger partial charge in [-0.1, -0.05) is 0 Å². The highest BCUT2D eigenvalue weighted by Crippen LogP contribution is 2.24. The summed E-state index contributed by atoms with van der Waals surface area (Å²) >= 11 is 0. The molecule has 0 unspecified atom stereocenters. The Balaban J connectivity index is 2.10. The van der Waals surface area contributed by atoms with Crippen LogP contribution in [0.5, 0.6) is 5.75 Å².